The summed E-state index contributed by atoms with van der Waals surface area (Å²) in [4.78, 5) is 41.4. The lowest BCUT2D eigenvalue weighted by molar-refractivity contribution is -0.141. The normalized spacial score (nSPS) is 15.3. The van der Waals surface area contributed by atoms with Crippen LogP contribution in [0.25, 0.3) is 0 Å². The Morgan fingerprint density at radius 1 is 1.00 bits per heavy atom. The average Bonchev–Trinajstić information content (AvgIpc) is 3.70. The molecule has 0 spiro atoms. The fraction of sp³-hybridized carbons (Fsp3) is 0.345. The summed E-state index contributed by atoms with van der Waals surface area (Å²) in [6.45, 7) is 0.774. The van der Waals surface area contributed by atoms with E-state index in [1.807, 2.05) is 30.3 Å². The molecular weight excluding hydrogens is 502 g/mol. The van der Waals surface area contributed by atoms with Crippen LogP contribution in [0.5, 0.6) is 11.5 Å². The van der Waals surface area contributed by atoms with E-state index >= 15 is 0 Å². The van der Waals surface area contributed by atoms with Crippen molar-refractivity contribution < 1.29 is 33.0 Å². The molecule has 1 aliphatic rings. The van der Waals surface area contributed by atoms with Crippen LogP contribution in [0, 0.1) is 0 Å². The first-order chi connectivity index (χ1) is 19.0. The topological polar surface area (TPSA) is 119 Å². The Kier molecular flexibility index (Phi) is 9.58. The van der Waals surface area contributed by atoms with Crippen LogP contribution in [-0.4, -0.2) is 62.6 Å². The number of nitrogens with zero attached hydrogens (tertiary/aromatic N) is 1. The molecule has 0 unspecified atom stereocenters. The molecule has 2 N–H and O–H groups in total. The molecule has 10 nitrogen and oxygen atoms in total. The highest BCUT2D eigenvalue weighted by Crippen LogP contribution is 2.33. The van der Waals surface area contributed by atoms with Crippen LogP contribution in [0.4, 0.5) is 0 Å². The van der Waals surface area contributed by atoms with Crippen molar-refractivity contribution in [1.82, 2.24) is 15.5 Å². The van der Waals surface area contributed by atoms with Gasteiger partial charge in [-0.15, -0.1) is 0 Å². The second kappa shape index (κ2) is 13.5. The number of carbonyl (C=O) groups excluding carboxylic acids is 3. The van der Waals surface area contributed by atoms with Crippen molar-refractivity contribution in [3.63, 3.8) is 0 Å². The van der Waals surface area contributed by atoms with E-state index in [9.17, 15) is 14.4 Å². The van der Waals surface area contributed by atoms with E-state index in [-0.39, 0.29) is 30.9 Å². The summed E-state index contributed by atoms with van der Waals surface area (Å²) in [5.41, 5.74) is 1.35. The van der Waals surface area contributed by atoms with E-state index in [1.165, 1.54) is 31.4 Å². The molecule has 1 aliphatic heterocycles. The molecule has 1 aromatic heterocycles. The van der Waals surface area contributed by atoms with Gasteiger partial charge in [-0.05, 0) is 48.2 Å². The first-order valence-corrected chi connectivity index (χ1v) is 12.8. The number of furan rings is 1. The zero-order valence-corrected chi connectivity index (χ0v) is 22.1. The molecule has 2 heterocycles. The van der Waals surface area contributed by atoms with Crippen molar-refractivity contribution in [2.75, 3.05) is 33.9 Å². The smallest absolute Gasteiger partial charge is 0.287 e. The molecule has 2 aromatic carbocycles. The molecule has 206 valence electrons. The number of amides is 3. The summed E-state index contributed by atoms with van der Waals surface area (Å²) < 4.78 is 21.6. The lowest BCUT2D eigenvalue weighted by Gasteiger charge is -2.32. The van der Waals surface area contributed by atoms with Crippen LogP contribution in [0.2, 0.25) is 0 Å². The van der Waals surface area contributed by atoms with Crippen LogP contribution < -0.4 is 20.1 Å². The van der Waals surface area contributed by atoms with Gasteiger partial charge in [-0.25, -0.2) is 0 Å². The average molecular weight is 536 g/mol. The molecular formula is C29H33N3O7. The van der Waals surface area contributed by atoms with E-state index in [0.717, 1.165) is 18.4 Å². The standard InChI is InChI=1S/C29H33N3O7/c1-36-23-13-12-21(16-25(23)37-2)27(29(35)30-17-22-10-6-14-38-22)32(19-20-8-4-3-5-9-20)26(33)18-31-28(34)24-11-7-15-39-24/h3-5,7-9,11-13,15-16,22,27H,6,10,14,17-19H2,1-2H3,(H,30,35)(H,31,34)/t22-,27-/m1/s1. The summed E-state index contributed by atoms with van der Waals surface area (Å²) in [5.74, 6) is -0.358. The molecule has 39 heavy (non-hydrogen) atoms. The van der Waals surface area contributed by atoms with Gasteiger partial charge in [-0.1, -0.05) is 36.4 Å². The Labute approximate surface area is 227 Å². The second-order valence-corrected chi connectivity index (χ2v) is 9.06. The zero-order chi connectivity index (χ0) is 27.6. The van der Waals surface area contributed by atoms with Crippen molar-refractivity contribution >= 4 is 17.7 Å². The number of methoxy groups -OCH3 is 2. The van der Waals surface area contributed by atoms with Crippen LogP contribution in [0.15, 0.2) is 71.3 Å². The van der Waals surface area contributed by atoms with Gasteiger partial charge >= 0.3 is 0 Å². The maximum atomic E-state index is 13.8. The molecule has 3 amide bonds. The first kappa shape index (κ1) is 27.7. The molecule has 10 heteroatoms. The van der Waals surface area contributed by atoms with Crippen molar-refractivity contribution in [2.24, 2.45) is 0 Å². The van der Waals surface area contributed by atoms with Crippen LogP contribution >= 0.6 is 0 Å². The van der Waals surface area contributed by atoms with Gasteiger partial charge in [-0.3, -0.25) is 14.4 Å². The maximum absolute atomic E-state index is 13.8. The minimum absolute atomic E-state index is 0.0779. The molecule has 1 saturated heterocycles. The molecule has 4 rings (SSSR count). The highest BCUT2D eigenvalue weighted by atomic mass is 16.5. The second-order valence-electron chi connectivity index (χ2n) is 9.06. The number of ether oxygens (including phenoxy) is 3. The number of hydrogen-bond acceptors (Lipinski definition) is 7. The van der Waals surface area contributed by atoms with E-state index in [1.54, 1.807) is 24.3 Å². The van der Waals surface area contributed by atoms with Crippen molar-refractivity contribution in [2.45, 2.75) is 31.5 Å². The number of carbonyl (C=O) groups is 3. The van der Waals surface area contributed by atoms with Gasteiger partial charge in [0.2, 0.25) is 11.8 Å². The Balaban J connectivity index is 1.66. The first-order valence-electron chi connectivity index (χ1n) is 12.8. The molecule has 0 radical (unpaired) electrons. The minimum atomic E-state index is -1.03. The number of benzene rings is 2. The molecule has 0 aliphatic carbocycles. The Hall–Kier alpha value is -4.31. The molecule has 0 saturated carbocycles. The van der Waals surface area contributed by atoms with Gasteiger partial charge in [0.15, 0.2) is 17.3 Å². The van der Waals surface area contributed by atoms with Crippen molar-refractivity contribution in [3.8, 4) is 11.5 Å². The van der Waals surface area contributed by atoms with Gasteiger partial charge < -0.3 is 34.2 Å². The highest BCUT2D eigenvalue weighted by Gasteiger charge is 2.33. The van der Waals surface area contributed by atoms with Crippen molar-refractivity contribution in [3.05, 3.63) is 83.8 Å². The summed E-state index contributed by atoms with van der Waals surface area (Å²) in [5, 5.41) is 5.56. The summed E-state index contributed by atoms with van der Waals surface area (Å²) in [6, 6.07) is 16.5. The Morgan fingerprint density at radius 2 is 1.79 bits per heavy atom. The molecule has 0 bridgehead atoms. The monoisotopic (exact) mass is 535 g/mol. The molecule has 1 fully saturated rings. The Bertz CT molecular complexity index is 1240. The maximum Gasteiger partial charge on any atom is 0.287 e. The van der Waals surface area contributed by atoms with Crippen LogP contribution in [0.1, 0.15) is 40.6 Å². The fourth-order valence-electron chi connectivity index (χ4n) is 4.47. The van der Waals surface area contributed by atoms with Gasteiger partial charge in [-0.2, -0.15) is 0 Å². The van der Waals surface area contributed by atoms with Crippen LogP contribution in [0.3, 0.4) is 0 Å². The van der Waals surface area contributed by atoms with E-state index < -0.39 is 17.9 Å². The predicted molar refractivity (Wildman–Crippen MR) is 142 cm³/mol. The third kappa shape index (κ3) is 7.17. The number of nitrogens with one attached hydrogen (secondary N) is 2. The third-order valence-electron chi connectivity index (χ3n) is 6.47. The number of rotatable bonds is 12. The fourth-order valence-corrected chi connectivity index (χ4v) is 4.47. The van der Waals surface area contributed by atoms with E-state index in [4.69, 9.17) is 18.6 Å². The predicted octanol–water partition coefficient (Wildman–Crippen LogP) is 3.09. The minimum Gasteiger partial charge on any atom is -0.493 e. The van der Waals surface area contributed by atoms with Gasteiger partial charge in [0.1, 0.15) is 6.04 Å². The third-order valence-corrected chi connectivity index (χ3v) is 6.47. The quantitative estimate of drug-likeness (QED) is 0.366. The van der Waals surface area contributed by atoms with Crippen molar-refractivity contribution in [1.29, 1.82) is 0 Å². The van der Waals surface area contributed by atoms with E-state index in [0.29, 0.717) is 30.2 Å². The lowest BCUT2D eigenvalue weighted by atomic mass is 10.0. The summed E-state index contributed by atoms with van der Waals surface area (Å²) in [7, 11) is 3.03. The summed E-state index contributed by atoms with van der Waals surface area (Å²) in [6.07, 6.45) is 3.09. The highest BCUT2D eigenvalue weighted by molar-refractivity contribution is 5.95. The Morgan fingerprint density at radius 3 is 2.46 bits per heavy atom. The van der Waals surface area contributed by atoms with Crippen LogP contribution in [-0.2, 0) is 20.9 Å². The molecule has 2 atom stereocenters. The van der Waals surface area contributed by atoms with Gasteiger partial charge in [0.05, 0.1) is 33.1 Å². The van der Waals surface area contributed by atoms with E-state index in [2.05, 4.69) is 10.6 Å². The number of hydrogen-bond donors (Lipinski definition) is 2. The largest absolute Gasteiger partial charge is 0.493 e. The lowest BCUT2D eigenvalue weighted by Crippen LogP contribution is -2.48. The van der Waals surface area contributed by atoms with Gasteiger partial charge in [0.25, 0.3) is 5.91 Å². The van der Waals surface area contributed by atoms with Gasteiger partial charge in [0, 0.05) is 19.7 Å². The zero-order valence-electron chi connectivity index (χ0n) is 22.1. The SMILES string of the molecule is COc1ccc([C@H](C(=O)NC[C@H]2CCCO2)N(Cc2ccccc2)C(=O)CNC(=O)c2ccco2)cc1OC. The molecule has 3 aromatic rings. The summed E-state index contributed by atoms with van der Waals surface area (Å²) >= 11 is 0.